The van der Waals surface area contributed by atoms with Crippen LogP contribution in [0.2, 0.25) is 0 Å². The summed E-state index contributed by atoms with van der Waals surface area (Å²) in [5, 5.41) is 3.41. The van der Waals surface area contributed by atoms with Crippen LogP contribution in [0.5, 0.6) is 0 Å². The van der Waals surface area contributed by atoms with Gasteiger partial charge in [0, 0.05) is 4.47 Å². The number of allylic oxidation sites excluding steroid dienone is 1. The summed E-state index contributed by atoms with van der Waals surface area (Å²) in [5.41, 5.74) is 1.73. The van der Waals surface area contributed by atoms with Crippen molar-refractivity contribution in [2.75, 3.05) is 0 Å². The number of hydrogen-bond donors (Lipinski definition) is 0. The lowest BCUT2D eigenvalue weighted by Gasteiger charge is -2.31. The number of nitroso groups, excluding NO2 is 1. The molecule has 1 saturated carbocycles. The largest absolute Gasteiger partial charge is 0.150 e. The number of halogens is 1. The van der Waals surface area contributed by atoms with Crippen LogP contribution in [0, 0.1) is 4.91 Å². The molecule has 1 aliphatic rings. The Hall–Kier alpha value is -0.960. The van der Waals surface area contributed by atoms with Crippen LogP contribution in [0.4, 0.5) is 0 Å². The molecule has 3 heteroatoms. The third-order valence-corrected chi connectivity index (χ3v) is 3.87. The summed E-state index contributed by atoms with van der Waals surface area (Å²) in [6.45, 7) is 3.97. The van der Waals surface area contributed by atoms with E-state index >= 15 is 0 Å². The maximum atomic E-state index is 11.2. The molecule has 84 valence electrons. The third kappa shape index (κ3) is 2.09. The van der Waals surface area contributed by atoms with Crippen molar-refractivity contribution in [3.63, 3.8) is 0 Å². The van der Waals surface area contributed by atoms with Crippen LogP contribution in [-0.4, -0.2) is 0 Å². The molecule has 1 fully saturated rings. The Morgan fingerprint density at radius 2 is 1.75 bits per heavy atom. The maximum absolute atomic E-state index is 11.2. The molecule has 1 aliphatic carbocycles. The van der Waals surface area contributed by atoms with E-state index in [9.17, 15) is 4.91 Å². The van der Waals surface area contributed by atoms with E-state index in [0.717, 1.165) is 35.7 Å². The molecule has 0 spiro atoms. The summed E-state index contributed by atoms with van der Waals surface area (Å²) in [6, 6.07) is 7.90. The van der Waals surface area contributed by atoms with Gasteiger partial charge < -0.3 is 0 Å². The zero-order valence-corrected chi connectivity index (χ0v) is 10.7. The van der Waals surface area contributed by atoms with Gasteiger partial charge >= 0.3 is 0 Å². The lowest BCUT2D eigenvalue weighted by atomic mass is 9.76. The van der Waals surface area contributed by atoms with Gasteiger partial charge in [0.25, 0.3) is 0 Å². The highest BCUT2D eigenvalue weighted by molar-refractivity contribution is 9.10. The Morgan fingerprint density at radius 3 is 2.25 bits per heavy atom. The molecule has 1 aromatic rings. The molecule has 0 aliphatic heterocycles. The summed E-state index contributed by atoms with van der Waals surface area (Å²) in [4.78, 5) is 11.2. The highest BCUT2D eigenvalue weighted by Gasteiger charge is 2.36. The first kappa shape index (κ1) is 11.5. The molecular weight excluding hydrogens is 266 g/mol. The van der Waals surface area contributed by atoms with Crippen LogP contribution in [-0.2, 0) is 5.54 Å². The van der Waals surface area contributed by atoms with E-state index in [2.05, 4.69) is 27.7 Å². The Balaban J connectivity index is 2.31. The molecular formula is C13H14BrNO. The van der Waals surface area contributed by atoms with Gasteiger partial charge in [0.1, 0.15) is 5.54 Å². The van der Waals surface area contributed by atoms with Crippen LogP contribution in [0.15, 0.2) is 46.1 Å². The van der Waals surface area contributed by atoms with Gasteiger partial charge in [-0.25, -0.2) is 0 Å². The minimum Gasteiger partial charge on any atom is -0.150 e. The van der Waals surface area contributed by atoms with Crippen LogP contribution in [0.1, 0.15) is 31.2 Å². The number of hydrogen-bond acceptors (Lipinski definition) is 2. The monoisotopic (exact) mass is 279 g/mol. The normalized spacial score (nSPS) is 19.4. The van der Waals surface area contributed by atoms with Gasteiger partial charge in [0.15, 0.2) is 0 Å². The number of rotatable bonds is 2. The van der Waals surface area contributed by atoms with Gasteiger partial charge in [-0.05, 0) is 43.4 Å². The molecule has 0 amide bonds. The molecule has 0 saturated heterocycles. The Labute approximate surface area is 104 Å². The molecule has 0 heterocycles. The van der Waals surface area contributed by atoms with E-state index in [0.29, 0.717) is 0 Å². The Morgan fingerprint density at radius 1 is 1.19 bits per heavy atom. The fraction of sp³-hybridized carbons (Fsp3) is 0.385. The third-order valence-electron chi connectivity index (χ3n) is 3.34. The molecule has 0 radical (unpaired) electrons. The van der Waals surface area contributed by atoms with Crippen molar-refractivity contribution in [3.05, 3.63) is 51.4 Å². The zero-order valence-electron chi connectivity index (χ0n) is 9.08. The van der Waals surface area contributed by atoms with E-state index in [1.165, 1.54) is 5.57 Å². The second kappa shape index (κ2) is 4.50. The fourth-order valence-corrected chi connectivity index (χ4v) is 2.47. The van der Waals surface area contributed by atoms with E-state index in [1.807, 2.05) is 24.3 Å². The van der Waals surface area contributed by atoms with Gasteiger partial charge in [0.05, 0.1) is 0 Å². The van der Waals surface area contributed by atoms with Gasteiger partial charge in [-0.3, -0.25) is 0 Å². The van der Waals surface area contributed by atoms with E-state index in [4.69, 9.17) is 0 Å². The molecule has 0 bridgehead atoms. The molecule has 2 rings (SSSR count). The van der Waals surface area contributed by atoms with Crippen molar-refractivity contribution >= 4 is 15.9 Å². The molecule has 0 N–H and O–H groups in total. The van der Waals surface area contributed by atoms with Crippen molar-refractivity contribution < 1.29 is 0 Å². The van der Waals surface area contributed by atoms with Crippen molar-refractivity contribution in [2.45, 2.75) is 31.2 Å². The molecule has 0 unspecified atom stereocenters. The lowest BCUT2D eigenvalue weighted by Crippen LogP contribution is -2.26. The van der Waals surface area contributed by atoms with E-state index < -0.39 is 5.54 Å². The molecule has 2 nitrogen and oxygen atoms in total. The van der Waals surface area contributed by atoms with Crippen molar-refractivity contribution in [2.24, 2.45) is 5.18 Å². The fourth-order valence-electron chi connectivity index (χ4n) is 2.21. The van der Waals surface area contributed by atoms with Gasteiger partial charge in [-0.15, -0.1) is 4.91 Å². The first-order valence-electron chi connectivity index (χ1n) is 5.43. The van der Waals surface area contributed by atoms with Gasteiger partial charge in [-0.1, -0.05) is 45.4 Å². The lowest BCUT2D eigenvalue weighted by molar-refractivity contribution is 0.344. The predicted molar refractivity (Wildman–Crippen MR) is 69.2 cm³/mol. The standard InChI is InChI=1S/C13H14BrNO/c1-10-6-8-13(15-16,9-7-10)11-2-4-12(14)5-3-11/h2-5H,1,6-9H2. The number of benzene rings is 1. The second-order valence-corrected chi connectivity index (χ2v) is 5.30. The summed E-state index contributed by atoms with van der Waals surface area (Å²) in [7, 11) is 0. The summed E-state index contributed by atoms with van der Waals surface area (Å²) >= 11 is 3.40. The predicted octanol–water partition coefficient (Wildman–Crippen LogP) is 4.54. The second-order valence-electron chi connectivity index (χ2n) is 4.38. The first-order chi connectivity index (χ1) is 7.66. The van der Waals surface area contributed by atoms with Gasteiger partial charge in [-0.2, -0.15) is 0 Å². The van der Waals surface area contributed by atoms with Gasteiger partial charge in [0.2, 0.25) is 0 Å². The minimum absolute atomic E-state index is 0.526. The average molecular weight is 280 g/mol. The quantitative estimate of drug-likeness (QED) is 0.577. The average Bonchev–Trinajstić information content (AvgIpc) is 2.32. The van der Waals surface area contributed by atoms with E-state index in [1.54, 1.807) is 0 Å². The van der Waals surface area contributed by atoms with Crippen molar-refractivity contribution in [1.82, 2.24) is 0 Å². The minimum atomic E-state index is -0.526. The van der Waals surface area contributed by atoms with Crippen LogP contribution >= 0.6 is 15.9 Å². The molecule has 0 atom stereocenters. The first-order valence-corrected chi connectivity index (χ1v) is 6.23. The summed E-state index contributed by atoms with van der Waals surface area (Å²) in [6.07, 6.45) is 3.39. The highest BCUT2D eigenvalue weighted by atomic mass is 79.9. The van der Waals surface area contributed by atoms with Crippen molar-refractivity contribution in [3.8, 4) is 0 Å². The SMILES string of the molecule is C=C1CCC(N=O)(c2ccc(Br)cc2)CC1. The van der Waals surface area contributed by atoms with Crippen LogP contribution in [0.25, 0.3) is 0 Å². The number of nitrogens with zero attached hydrogens (tertiary/aromatic N) is 1. The van der Waals surface area contributed by atoms with Crippen LogP contribution in [0.3, 0.4) is 0 Å². The summed E-state index contributed by atoms with van der Waals surface area (Å²) in [5.74, 6) is 0. The van der Waals surface area contributed by atoms with Crippen molar-refractivity contribution in [1.29, 1.82) is 0 Å². The zero-order chi connectivity index (χ0) is 11.6. The highest BCUT2D eigenvalue weighted by Crippen LogP contribution is 2.42. The summed E-state index contributed by atoms with van der Waals surface area (Å²) < 4.78 is 1.03. The van der Waals surface area contributed by atoms with E-state index in [-0.39, 0.29) is 0 Å². The smallest absolute Gasteiger partial charge is 0.128 e. The Kier molecular flexibility index (Phi) is 3.24. The molecule has 16 heavy (non-hydrogen) atoms. The molecule has 0 aromatic heterocycles. The molecule has 1 aromatic carbocycles. The van der Waals surface area contributed by atoms with Crippen LogP contribution < -0.4 is 0 Å². The maximum Gasteiger partial charge on any atom is 0.128 e. The topological polar surface area (TPSA) is 29.4 Å². The Bertz CT molecular complexity index is 400.